The molecule has 0 aliphatic heterocycles. The minimum Gasteiger partial charge on any atom is -0.384 e. The average Bonchev–Trinajstić information content (AvgIpc) is 2.47. The van der Waals surface area contributed by atoms with E-state index in [0.29, 0.717) is 0 Å². The normalized spacial score (nSPS) is 10.9. The lowest BCUT2D eigenvalue weighted by molar-refractivity contribution is 1.21. The van der Waals surface area contributed by atoms with Crippen molar-refractivity contribution in [3.8, 4) is 0 Å². The molecule has 0 fully saturated rings. The van der Waals surface area contributed by atoms with Crippen molar-refractivity contribution >= 4 is 33.4 Å². The SMILES string of the molecule is CCNc1cccc2nc3c(NCC)cccc3nc12. The summed E-state index contributed by atoms with van der Waals surface area (Å²) in [7, 11) is 0. The number of nitrogens with zero attached hydrogens (tertiary/aromatic N) is 2. The van der Waals surface area contributed by atoms with Gasteiger partial charge in [-0.1, -0.05) is 12.1 Å². The Morgan fingerprint density at radius 1 is 0.750 bits per heavy atom. The Hall–Kier alpha value is -2.36. The van der Waals surface area contributed by atoms with Crippen molar-refractivity contribution in [1.29, 1.82) is 0 Å². The van der Waals surface area contributed by atoms with Crippen molar-refractivity contribution in [2.24, 2.45) is 0 Å². The molecule has 4 heteroatoms. The fraction of sp³-hybridized carbons (Fsp3) is 0.250. The highest BCUT2D eigenvalue weighted by Crippen LogP contribution is 2.26. The molecule has 3 rings (SSSR count). The maximum absolute atomic E-state index is 4.77. The highest BCUT2D eigenvalue weighted by atomic mass is 14.9. The minimum absolute atomic E-state index is 0.871. The topological polar surface area (TPSA) is 49.8 Å². The van der Waals surface area contributed by atoms with E-state index >= 15 is 0 Å². The number of benzene rings is 2. The first-order valence-corrected chi connectivity index (χ1v) is 7.00. The predicted molar refractivity (Wildman–Crippen MR) is 85.4 cm³/mol. The summed E-state index contributed by atoms with van der Waals surface area (Å²) in [5, 5.41) is 6.67. The maximum atomic E-state index is 4.77. The van der Waals surface area contributed by atoms with Gasteiger partial charge in [0.05, 0.1) is 22.4 Å². The second-order valence-electron chi connectivity index (χ2n) is 4.63. The zero-order valence-electron chi connectivity index (χ0n) is 11.8. The number of aromatic nitrogens is 2. The Balaban J connectivity index is 2.28. The quantitative estimate of drug-likeness (QED) is 0.708. The number of rotatable bonds is 4. The molecule has 0 unspecified atom stereocenters. The van der Waals surface area contributed by atoms with E-state index in [-0.39, 0.29) is 0 Å². The third-order valence-electron chi connectivity index (χ3n) is 3.23. The summed E-state index contributed by atoms with van der Waals surface area (Å²) < 4.78 is 0. The van der Waals surface area contributed by atoms with E-state index in [4.69, 9.17) is 9.97 Å². The summed E-state index contributed by atoms with van der Waals surface area (Å²) in [5.74, 6) is 0. The van der Waals surface area contributed by atoms with Crippen molar-refractivity contribution in [2.75, 3.05) is 23.7 Å². The number of fused-ring (bicyclic) bond motifs is 2. The van der Waals surface area contributed by atoms with Crippen LogP contribution in [-0.4, -0.2) is 23.1 Å². The molecule has 0 aliphatic rings. The minimum atomic E-state index is 0.871. The molecule has 1 heterocycles. The molecular weight excluding hydrogens is 248 g/mol. The van der Waals surface area contributed by atoms with Crippen molar-refractivity contribution in [3.63, 3.8) is 0 Å². The van der Waals surface area contributed by atoms with Gasteiger partial charge in [-0.25, -0.2) is 9.97 Å². The van der Waals surface area contributed by atoms with Crippen molar-refractivity contribution in [1.82, 2.24) is 9.97 Å². The van der Waals surface area contributed by atoms with Crippen LogP contribution >= 0.6 is 0 Å². The molecule has 3 aromatic rings. The Labute approximate surface area is 118 Å². The lowest BCUT2D eigenvalue weighted by atomic mass is 10.2. The largest absolute Gasteiger partial charge is 0.384 e. The maximum Gasteiger partial charge on any atom is 0.113 e. The van der Waals surface area contributed by atoms with Crippen molar-refractivity contribution in [3.05, 3.63) is 36.4 Å². The van der Waals surface area contributed by atoms with Crippen LogP contribution in [0.1, 0.15) is 13.8 Å². The van der Waals surface area contributed by atoms with Gasteiger partial charge in [-0.05, 0) is 38.1 Å². The second-order valence-corrected chi connectivity index (χ2v) is 4.63. The van der Waals surface area contributed by atoms with E-state index in [1.807, 2.05) is 36.4 Å². The van der Waals surface area contributed by atoms with Crippen LogP contribution in [0.25, 0.3) is 22.1 Å². The number of anilines is 2. The Morgan fingerprint density at radius 2 is 1.20 bits per heavy atom. The van der Waals surface area contributed by atoms with Crippen molar-refractivity contribution < 1.29 is 0 Å². The average molecular weight is 266 g/mol. The molecule has 0 saturated carbocycles. The molecule has 0 aliphatic carbocycles. The lowest BCUT2D eigenvalue weighted by Gasteiger charge is -2.10. The van der Waals surface area contributed by atoms with Crippen LogP contribution in [0.4, 0.5) is 11.4 Å². The highest BCUT2D eigenvalue weighted by Gasteiger charge is 2.08. The molecule has 2 aromatic carbocycles. The van der Waals surface area contributed by atoms with Gasteiger partial charge >= 0.3 is 0 Å². The van der Waals surface area contributed by atoms with Gasteiger partial charge in [0.25, 0.3) is 0 Å². The summed E-state index contributed by atoms with van der Waals surface area (Å²) in [4.78, 5) is 9.55. The van der Waals surface area contributed by atoms with Gasteiger partial charge in [0.1, 0.15) is 11.0 Å². The zero-order valence-corrected chi connectivity index (χ0v) is 11.8. The smallest absolute Gasteiger partial charge is 0.113 e. The van der Waals surface area contributed by atoms with Gasteiger partial charge < -0.3 is 10.6 Å². The van der Waals surface area contributed by atoms with Crippen LogP contribution in [0.15, 0.2) is 36.4 Å². The van der Waals surface area contributed by atoms with E-state index < -0.39 is 0 Å². The third-order valence-corrected chi connectivity index (χ3v) is 3.23. The predicted octanol–water partition coefficient (Wildman–Crippen LogP) is 3.65. The van der Waals surface area contributed by atoms with E-state index in [1.54, 1.807) is 0 Å². The summed E-state index contributed by atoms with van der Waals surface area (Å²) in [5.41, 5.74) is 5.76. The first kappa shape index (κ1) is 12.7. The number of para-hydroxylation sites is 2. The van der Waals surface area contributed by atoms with Gasteiger partial charge in [-0.15, -0.1) is 0 Å². The molecule has 1 aromatic heterocycles. The summed E-state index contributed by atoms with van der Waals surface area (Å²) >= 11 is 0. The molecule has 2 N–H and O–H groups in total. The number of nitrogens with one attached hydrogen (secondary N) is 2. The van der Waals surface area contributed by atoms with Crippen LogP contribution < -0.4 is 10.6 Å². The Morgan fingerprint density at radius 3 is 1.60 bits per heavy atom. The van der Waals surface area contributed by atoms with E-state index in [2.05, 4.69) is 24.5 Å². The Bertz CT molecular complexity index is 686. The lowest BCUT2D eigenvalue weighted by Crippen LogP contribution is -2.01. The molecule has 0 spiro atoms. The number of hydrogen-bond acceptors (Lipinski definition) is 4. The zero-order chi connectivity index (χ0) is 13.9. The fourth-order valence-corrected chi connectivity index (χ4v) is 2.39. The second kappa shape index (κ2) is 5.33. The molecule has 20 heavy (non-hydrogen) atoms. The molecule has 0 atom stereocenters. The van der Waals surface area contributed by atoms with Gasteiger partial charge in [0.15, 0.2) is 0 Å². The molecular formula is C16H18N4. The first-order chi connectivity index (χ1) is 9.83. The summed E-state index contributed by atoms with van der Waals surface area (Å²) in [6.07, 6.45) is 0. The Kier molecular flexibility index (Phi) is 3.37. The monoisotopic (exact) mass is 266 g/mol. The molecule has 0 radical (unpaired) electrons. The van der Waals surface area contributed by atoms with E-state index in [1.165, 1.54) is 0 Å². The fourth-order valence-electron chi connectivity index (χ4n) is 2.39. The van der Waals surface area contributed by atoms with Crippen molar-refractivity contribution in [2.45, 2.75) is 13.8 Å². The van der Waals surface area contributed by atoms with Crippen LogP contribution in [-0.2, 0) is 0 Å². The highest BCUT2D eigenvalue weighted by molar-refractivity contribution is 5.97. The van der Waals surface area contributed by atoms with Gasteiger partial charge in [0.2, 0.25) is 0 Å². The third kappa shape index (κ3) is 2.13. The van der Waals surface area contributed by atoms with E-state index in [0.717, 1.165) is 46.5 Å². The molecule has 0 amide bonds. The van der Waals surface area contributed by atoms with Gasteiger partial charge in [-0.2, -0.15) is 0 Å². The number of hydrogen-bond donors (Lipinski definition) is 2. The van der Waals surface area contributed by atoms with Crippen LogP contribution in [0.2, 0.25) is 0 Å². The molecule has 0 saturated heterocycles. The van der Waals surface area contributed by atoms with Crippen LogP contribution in [0, 0.1) is 0 Å². The first-order valence-electron chi connectivity index (χ1n) is 7.00. The standard InChI is InChI=1S/C16H18N4/c1-3-17-11-7-5-9-13-15(11)19-14-10-6-8-12(18-4-2)16(14)20-13/h5-10,17-18H,3-4H2,1-2H3. The summed E-state index contributed by atoms with van der Waals surface area (Å²) in [6.45, 7) is 5.90. The van der Waals surface area contributed by atoms with E-state index in [9.17, 15) is 0 Å². The van der Waals surface area contributed by atoms with Gasteiger partial charge in [0, 0.05) is 13.1 Å². The molecule has 102 valence electrons. The van der Waals surface area contributed by atoms with Crippen LogP contribution in [0.5, 0.6) is 0 Å². The van der Waals surface area contributed by atoms with Gasteiger partial charge in [-0.3, -0.25) is 0 Å². The summed E-state index contributed by atoms with van der Waals surface area (Å²) in [6, 6.07) is 12.1. The van der Waals surface area contributed by atoms with Crippen LogP contribution in [0.3, 0.4) is 0 Å². The molecule has 0 bridgehead atoms. The molecule has 4 nitrogen and oxygen atoms in total.